The number of hydrogen-bond donors (Lipinski definition) is 1. The van der Waals surface area contributed by atoms with E-state index >= 15 is 0 Å². The summed E-state index contributed by atoms with van der Waals surface area (Å²) in [5, 5.41) is 3.40. The highest BCUT2D eigenvalue weighted by molar-refractivity contribution is 5.54. The van der Waals surface area contributed by atoms with E-state index in [-0.39, 0.29) is 0 Å². The molecular formula is C17H28N2O. The monoisotopic (exact) mass is 276 g/mol. The molecule has 0 radical (unpaired) electrons. The number of anilines is 1. The highest BCUT2D eigenvalue weighted by atomic mass is 16.5. The van der Waals surface area contributed by atoms with Crippen molar-refractivity contribution >= 4 is 5.69 Å². The zero-order valence-electron chi connectivity index (χ0n) is 13.1. The van der Waals surface area contributed by atoms with Gasteiger partial charge in [0.05, 0.1) is 6.61 Å². The first-order valence-electron chi connectivity index (χ1n) is 7.81. The van der Waals surface area contributed by atoms with Gasteiger partial charge < -0.3 is 15.0 Å². The van der Waals surface area contributed by atoms with Gasteiger partial charge >= 0.3 is 0 Å². The lowest BCUT2D eigenvalue weighted by Gasteiger charge is -2.26. The molecule has 1 N–H and O–H groups in total. The van der Waals surface area contributed by atoms with Crippen molar-refractivity contribution in [3.8, 4) is 0 Å². The second kappa shape index (κ2) is 7.65. The van der Waals surface area contributed by atoms with Crippen LogP contribution < -0.4 is 10.2 Å². The smallest absolute Gasteiger partial charge is 0.0641 e. The van der Waals surface area contributed by atoms with Crippen LogP contribution in [0.5, 0.6) is 0 Å². The lowest BCUT2D eigenvalue weighted by atomic mass is 10.0. The molecule has 3 heteroatoms. The van der Waals surface area contributed by atoms with Crippen molar-refractivity contribution < 1.29 is 4.74 Å². The van der Waals surface area contributed by atoms with Gasteiger partial charge in [0.25, 0.3) is 0 Å². The number of likely N-dealkylation sites (N-methyl/N-ethyl adjacent to an activating group) is 1. The first kappa shape index (κ1) is 15.3. The molecule has 1 unspecified atom stereocenters. The van der Waals surface area contributed by atoms with Gasteiger partial charge in [-0.3, -0.25) is 0 Å². The number of ether oxygens (including phenoxy) is 1. The zero-order chi connectivity index (χ0) is 14.4. The van der Waals surface area contributed by atoms with Gasteiger partial charge in [0.15, 0.2) is 0 Å². The molecule has 1 atom stereocenters. The van der Waals surface area contributed by atoms with Crippen molar-refractivity contribution in [2.24, 2.45) is 5.92 Å². The van der Waals surface area contributed by atoms with E-state index in [0.29, 0.717) is 6.04 Å². The van der Waals surface area contributed by atoms with Crippen LogP contribution in [0, 0.1) is 5.92 Å². The molecule has 1 aliphatic carbocycles. The third-order valence-corrected chi connectivity index (χ3v) is 4.10. The maximum atomic E-state index is 5.75. The van der Waals surface area contributed by atoms with Crippen LogP contribution >= 0.6 is 0 Å². The predicted molar refractivity (Wildman–Crippen MR) is 85.3 cm³/mol. The van der Waals surface area contributed by atoms with Crippen LogP contribution in [0.25, 0.3) is 0 Å². The molecule has 1 aromatic carbocycles. The number of para-hydroxylation sites is 1. The standard InChI is InChI=1S/C17H28N2O/c1-4-16(18-2)15-7-5-6-8-17(15)19(3)11-12-20-13-14-9-10-14/h5-8,14,16,18H,4,9-13H2,1-3H3. The minimum absolute atomic E-state index is 0.418. The molecule has 1 saturated carbocycles. The summed E-state index contributed by atoms with van der Waals surface area (Å²) in [5.41, 5.74) is 2.69. The molecular weight excluding hydrogens is 248 g/mol. The summed E-state index contributed by atoms with van der Waals surface area (Å²) >= 11 is 0. The van der Waals surface area contributed by atoms with E-state index in [1.165, 1.54) is 24.1 Å². The fourth-order valence-corrected chi connectivity index (χ4v) is 2.57. The van der Waals surface area contributed by atoms with E-state index in [4.69, 9.17) is 4.74 Å². The maximum Gasteiger partial charge on any atom is 0.0641 e. The highest BCUT2D eigenvalue weighted by Gasteiger charge is 2.21. The summed E-state index contributed by atoms with van der Waals surface area (Å²) in [5.74, 6) is 0.848. The first-order chi connectivity index (χ1) is 9.76. The third kappa shape index (κ3) is 4.22. The first-order valence-corrected chi connectivity index (χ1v) is 7.81. The van der Waals surface area contributed by atoms with E-state index in [0.717, 1.165) is 32.1 Å². The minimum atomic E-state index is 0.418. The van der Waals surface area contributed by atoms with Crippen LogP contribution in [0.4, 0.5) is 5.69 Å². The molecule has 0 spiro atoms. The van der Waals surface area contributed by atoms with Gasteiger partial charge in [-0.15, -0.1) is 0 Å². The third-order valence-electron chi connectivity index (χ3n) is 4.10. The number of benzene rings is 1. The van der Waals surface area contributed by atoms with Crippen molar-refractivity contribution in [2.75, 3.05) is 38.8 Å². The summed E-state index contributed by atoms with van der Waals surface area (Å²) in [6.45, 7) is 4.93. The van der Waals surface area contributed by atoms with Gasteiger partial charge in [-0.25, -0.2) is 0 Å². The van der Waals surface area contributed by atoms with Gasteiger partial charge in [-0.1, -0.05) is 25.1 Å². The van der Waals surface area contributed by atoms with Crippen LogP contribution in [0.1, 0.15) is 37.8 Å². The number of hydrogen-bond acceptors (Lipinski definition) is 3. The van der Waals surface area contributed by atoms with Gasteiger partial charge in [0.2, 0.25) is 0 Å². The summed E-state index contributed by atoms with van der Waals surface area (Å²) in [4.78, 5) is 2.31. The fraction of sp³-hybridized carbons (Fsp3) is 0.647. The van der Waals surface area contributed by atoms with Crippen molar-refractivity contribution in [3.05, 3.63) is 29.8 Å². The lowest BCUT2D eigenvalue weighted by molar-refractivity contribution is 0.131. The van der Waals surface area contributed by atoms with Gasteiger partial charge in [0, 0.05) is 31.9 Å². The maximum absolute atomic E-state index is 5.75. The van der Waals surface area contributed by atoms with E-state index in [1.54, 1.807) is 0 Å². The molecule has 3 nitrogen and oxygen atoms in total. The Morgan fingerprint density at radius 2 is 2.10 bits per heavy atom. The molecule has 1 aromatic rings. The summed E-state index contributed by atoms with van der Waals surface area (Å²) < 4.78 is 5.75. The van der Waals surface area contributed by atoms with Crippen LogP contribution in [0.15, 0.2) is 24.3 Å². The Morgan fingerprint density at radius 1 is 1.35 bits per heavy atom. The molecule has 20 heavy (non-hydrogen) atoms. The molecule has 0 bridgehead atoms. The Kier molecular flexibility index (Phi) is 5.86. The van der Waals surface area contributed by atoms with E-state index < -0.39 is 0 Å². The molecule has 0 saturated heterocycles. The summed E-state index contributed by atoms with van der Waals surface area (Å²) in [6.07, 6.45) is 3.82. The van der Waals surface area contributed by atoms with Crippen molar-refractivity contribution in [2.45, 2.75) is 32.2 Å². The van der Waals surface area contributed by atoms with Crippen LogP contribution in [0.3, 0.4) is 0 Å². The average molecular weight is 276 g/mol. The molecule has 0 amide bonds. The topological polar surface area (TPSA) is 24.5 Å². The quantitative estimate of drug-likeness (QED) is 0.701. The number of rotatable bonds is 9. The molecule has 1 fully saturated rings. The van der Waals surface area contributed by atoms with E-state index in [2.05, 4.69) is 48.5 Å². The summed E-state index contributed by atoms with van der Waals surface area (Å²) in [6, 6.07) is 9.08. The van der Waals surface area contributed by atoms with Crippen molar-refractivity contribution in [3.63, 3.8) is 0 Å². The Hall–Kier alpha value is -1.06. The SMILES string of the molecule is CCC(NC)c1ccccc1N(C)CCOCC1CC1. The normalized spacial score (nSPS) is 16.1. The van der Waals surface area contributed by atoms with Gasteiger partial charge in [-0.2, -0.15) is 0 Å². The second-order valence-electron chi connectivity index (χ2n) is 5.75. The van der Waals surface area contributed by atoms with Crippen LogP contribution in [-0.4, -0.2) is 33.9 Å². The van der Waals surface area contributed by atoms with Crippen molar-refractivity contribution in [1.29, 1.82) is 0 Å². The molecule has 0 aliphatic heterocycles. The second-order valence-corrected chi connectivity index (χ2v) is 5.75. The summed E-state index contributed by atoms with van der Waals surface area (Å²) in [7, 11) is 4.19. The molecule has 2 rings (SSSR count). The Balaban J connectivity index is 1.91. The fourth-order valence-electron chi connectivity index (χ4n) is 2.57. The van der Waals surface area contributed by atoms with Crippen LogP contribution in [-0.2, 0) is 4.74 Å². The van der Waals surface area contributed by atoms with Gasteiger partial charge in [0.1, 0.15) is 0 Å². The van der Waals surface area contributed by atoms with E-state index in [1.807, 2.05) is 7.05 Å². The Morgan fingerprint density at radius 3 is 2.75 bits per heavy atom. The largest absolute Gasteiger partial charge is 0.379 e. The molecule has 1 aliphatic rings. The Bertz CT molecular complexity index is 400. The molecule has 0 heterocycles. The van der Waals surface area contributed by atoms with Crippen LogP contribution in [0.2, 0.25) is 0 Å². The van der Waals surface area contributed by atoms with Gasteiger partial charge in [-0.05, 0) is 43.9 Å². The highest BCUT2D eigenvalue weighted by Crippen LogP contribution is 2.29. The predicted octanol–water partition coefficient (Wildman–Crippen LogP) is 3.22. The van der Waals surface area contributed by atoms with E-state index in [9.17, 15) is 0 Å². The minimum Gasteiger partial charge on any atom is -0.379 e. The zero-order valence-corrected chi connectivity index (χ0v) is 13.1. The number of nitrogens with one attached hydrogen (secondary N) is 1. The number of nitrogens with zero attached hydrogens (tertiary/aromatic N) is 1. The average Bonchev–Trinajstić information content (AvgIpc) is 3.29. The lowest BCUT2D eigenvalue weighted by Crippen LogP contribution is -2.26. The Labute approximate surface area is 123 Å². The molecule has 112 valence electrons. The molecule has 0 aromatic heterocycles. The van der Waals surface area contributed by atoms with Crippen molar-refractivity contribution in [1.82, 2.24) is 5.32 Å².